The molecule has 1 fully saturated rings. The molecule has 1 aliphatic heterocycles. The number of carbonyl (C=O) groups is 1. The second-order valence-corrected chi connectivity index (χ2v) is 4.12. The fourth-order valence-electron chi connectivity index (χ4n) is 2.29. The molecule has 0 aromatic carbocycles. The molecule has 1 saturated heterocycles. The van der Waals surface area contributed by atoms with Gasteiger partial charge in [-0.3, -0.25) is 4.79 Å². The van der Waals surface area contributed by atoms with Crippen LogP contribution in [0.25, 0.3) is 11.0 Å². The Labute approximate surface area is 93.1 Å². The van der Waals surface area contributed by atoms with Crippen LogP contribution in [-0.4, -0.2) is 28.8 Å². The number of H-pyrrole nitrogens is 1. The van der Waals surface area contributed by atoms with Crippen LogP contribution in [0.5, 0.6) is 0 Å². The van der Waals surface area contributed by atoms with Crippen molar-refractivity contribution in [1.82, 2.24) is 15.3 Å². The first-order valence-corrected chi connectivity index (χ1v) is 5.51. The molecule has 4 nitrogen and oxygen atoms in total. The number of hydrogen-bond acceptors (Lipinski definition) is 3. The van der Waals surface area contributed by atoms with Gasteiger partial charge in [0.25, 0.3) is 0 Å². The van der Waals surface area contributed by atoms with Crippen molar-refractivity contribution in [3.8, 4) is 0 Å². The van der Waals surface area contributed by atoms with Crippen LogP contribution in [-0.2, 0) is 4.79 Å². The smallest absolute Gasteiger partial charge is 0.142 e. The highest BCUT2D eigenvalue weighted by Gasteiger charge is 2.25. The normalized spacial score (nSPS) is 21.5. The van der Waals surface area contributed by atoms with Crippen molar-refractivity contribution in [1.29, 1.82) is 0 Å². The Morgan fingerprint density at radius 1 is 1.44 bits per heavy atom. The Hall–Kier alpha value is -1.68. The van der Waals surface area contributed by atoms with Gasteiger partial charge in [-0.15, -0.1) is 0 Å². The molecule has 3 heterocycles. The van der Waals surface area contributed by atoms with E-state index in [4.69, 9.17) is 0 Å². The minimum Gasteiger partial charge on any atom is -0.346 e. The lowest BCUT2D eigenvalue weighted by Crippen LogP contribution is -2.35. The van der Waals surface area contributed by atoms with E-state index in [0.717, 1.165) is 29.7 Å². The average Bonchev–Trinajstić information content (AvgIpc) is 2.74. The molecule has 0 bridgehead atoms. The average molecular weight is 215 g/mol. The lowest BCUT2D eigenvalue weighted by molar-refractivity contribution is -0.121. The largest absolute Gasteiger partial charge is 0.346 e. The van der Waals surface area contributed by atoms with Crippen LogP contribution in [0.15, 0.2) is 24.5 Å². The van der Waals surface area contributed by atoms with Gasteiger partial charge in [-0.2, -0.15) is 0 Å². The van der Waals surface area contributed by atoms with Crippen molar-refractivity contribution in [2.75, 3.05) is 13.1 Å². The molecule has 2 N–H and O–H groups in total. The summed E-state index contributed by atoms with van der Waals surface area (Å²) in [5.41, 5.74) is 1.93. The first-order chi connectivity index (χ1) is 7.86. The van der Waals surface area contributed by atoms with Crippen molar-refractivity contribution < 1.29 is 4.79 Å². The molecule has 4 heteroatoms. The molecule has 0 aliphatic carbocycles. The van der Waals surface area contributed by atoms with Gasteiger partial charge in [-0.1, -0.05) is 0 Å². The van der Waals surface area contributed by atoms with E-state index in [1.165, 1.54) is 0 Å². The quantitative estimate of drug-likeness (QED) is 0.751. The van der Waals surface area contributed by atoms with Crippen LogP contribution in [0.1, 0.15) is 17.9 Å². The predicted molar refractivity (Wildman–Crippen MR) is 61.3 cm³/mol. The van der Waals surface area contributed by atoms with Crippen LogP contribution < -0.4 is 5.32 Å². The number of nitrogens with zero attached hydrogens (tertiary/aromatic N) is 1. The molecule has 0 amide bonds. The van der Waals surface area contributed by atoms with E-state index in [1.54, 1.807) is 6.20 Å². The summed E-state index contributed by atoms with van der Waals surface area (Å²) in [6.07, 6.45) is 4.29. The summed E-state index contributed by atoms with van der Waals surface area (Å²) in [6, 6.07) is 3.91. The van der Waals surface area contributed by atoms with Crippen LogP contribution in [0.2, 0.25) is 0 Å². The Kier molecular flexibility index (Phi) is 2.22. The number of aromatic nitrogens is 2. The molecule has 82 valence electrons. The molecule has 1 unspecified atom stereocenters. The van der Waals surface area contributed by atoms with Crippen LogP contribution in [0.4, 0.5) is 0 Å². The van der Waals surface area contributed by atoms with Crippen molar-refractivity contribution in [3.63, 3.8) is 0 Å². The van der Waals surface area contributed by atoms with E-state index >= 15 is 0 Å². The number of fused-ring (bicyclic) bond motifs is 1. The Bertz CT molecular complexity index is 532. The highest BCUT2D eigenvalue weighted by Crippen LogP contribution is 2.26. The van der Waals surface area contributed by atoms with Gasteiger partial charge in [0.2, 0.25) is 0 Å². The maximum absolute atomic E-state index is 11.9. The highest BCUT2D eigenvalue weighted by molar-refractivity contribution is 5.92. The van der Waals surface area contributed by atoms with Crippen molar-refractivity contribution in [2.45, 2.75) is 12.3 Å². The zero-order chi connectivity index (χ0) is 11.0. The fraction of sp³-hybridized carbons (Fsp3) is 0.333. The number of Topliss-reactive ketones (excluding diaryl/α,β-unsaturated/α-hetero) is 1. The van der Waals surface area contributed by atoms with Gasteiger partial charge in [-0.05, 0) is 17.7 Å². The summed E-state index contributed by atoms with van der Waals surface area (Å²) in [7, 11) is 0. The summed E-state index contributed by atoms with van der Waals surface area (Å²) in [5.74, 6) is 0.301. The van der Waals surface area contributed by atoms with Crippen LogP contribution in [0.3, 0.4) is 0 Å². The SMILES string of the molecule is O=C1CCNCC1c1c[nH]c2ncccc12. The molecule has 2 aromatic heterocycles. The number of aromatic amines is 1. The molecular formula is C12H13N3O. The summed E-state index contributed by atoms with van der Waals surface area (Å²) in [5, 5.41) is 4.32. The van der Waals surface area contributed by atoms with E-state index in [-0.39, 0.29) is 5.92 Å². The molecule has 2 aromatic rings. The topological polar surface area (TPSA) is 57.8 Å². The lowest BCUT2D eigenvalue weighted by Gasteiger charge is -2.21. The second kappa shape index (κ2) is 3.72. The van der Waals surface area contributed by atoms with Crippen molar-refractivity contribution in [2.24, 2.45) is 0 Å². The third-order valence-electron chi connectivity index (χ3n) is 3.14. The van der Waals surface area contributed by atoms with E-state index in [0.29, 0.717) is 12.2 Å². The highest BCUT2D eigenvalue weighted by atomic mass is 16.1. The molecule has 16 heavy (non-hydrogen) atoms. The summed E-state index contributed by atoms with van der Waals surface area (Å²) in [4.78, 5) is 19.2. The number of rotatable bonds is 1. The maximum Gasteiger partial charge on any atom is 0.142 e. The lowest BCUT2D eigenvalue weighted by atomic mass is 9.90. The van der Waals surface area contributed by atoms with Gasteiger partial charge in [0, 0.05) is 37.3 Å². The van der Waals surface area contributed by atoms with Gasteiger partial charge in [0.15, 0.2) is 0 Å². The third kappa shape index (κ3) is 1.42. The number of hydrogen-bond donors (Lipinski definition) is 2. The number of pyridine rings is 1. The Morgan fingerprint density at radius 3 is 3.25 bits per heavy atom. The second-order valence-electron chi connectivity index (χ2n) is 4.12. The molecule has 1 aliphatic rings. The molecule has 1 atom stereocenters. The van der Waals surface area contributed by atoms with Crippen LogP contribution in [0, 0.1) is 0 Å². The minimum absolute atomic E-state index is 0.0216. The molecular weight excluding hydrogens is 202 g/mol. The number of ketones is 1. The van der Waals surface area contributed by atoms with E-state index < -0.39 is 0 Å². The van der Waals surface area contributed by atoms with E-state index in [1.807, 2.05) is 18.3 Å². The van der Waals surface area contributed by atoms with E-state index in [2.05, 4.69) is 15.3 Å². The number of carbonyl (C=O) groups excluding carboxylic acids is 1. The summed E-state index contributed by atoms with van der Waals surface area (Å²) >= 11 is 0. The molecule has 0 radical (unpaired) electrons. The predicted octanol–water partition coefficient (Wildman–Crippen LogP) is 1.21. The number of nitrogens with one attached hydrogen (secondary N) is 2. The first-order valence-electron chi connectivity index (χ1n) is 5.51. The molecule has 0 spiro atoms. The van der Waals surface area contributed by atoms with Gasteiger partial charge < -0.3 is 10.3 Å². The van der Waals surface area contributed by atoms with Crippen molar-refractivity contribution >= 4 is 16.8 Å². The monoisotopic (exact) mass is 215 g/mol. The zero-order valence-electron chi connectivity index (χ0n) is 8.86. The zero-order valence-corrected chi connectivity index (χ0v) is 8.86. The third-order valence-corrected chi connectivity index (χ3v) is 3.14. The van der Waals surface area contributed by atoms with Gasteiger partial charge in [0.05, 0.1) is 5.92 Å². The van der Waals surface area contributed by atoms with Crippen LogP contribution >= 0.6 is 0 Å². The maximum atomic E-state index is 11.9. The standard InChI is InChI=1S/C12H13N3O/c16-11-3-5-13-6-10(11)9-7-15-12-8(9)2-1-4-14-12/h1-2,4,7,10,13H,3,5-6H2,(H,14,15). The number of piperidine rings is 1. The summed E-state index contributed by atoms with van der Waals surface area (Å²) < 4.78 is 0. The van der Waals surface area contributed by atoms with E-state index in [9.17, 15) is 4.79 Å². The van der Waals surface area contributed by atoms with Gasteiger partial charge >= 0.3 is 0 Å². The molecule has 0 saturated carbocycles. The first kappa shape index (κ1) is 9.54. The van der Waals surface area contributed by atoms with Gasteiger partial charge in [-0.25, -0.2) is 4.98 Å². The molecule has 3 rings (SSSR count). The Balaban J connectivity index is 2.08. The minimum atomic E-state index is -0.0216. The Morgan fingerprint density at radius 2 is 2.38 bits per heavy atom. The summed E-state index contributed by atoms with van der Waals surface area (Å²) in [6.45, 7) is 1.54. The fourth-order valence-corrected chi connectivity index (χ4v) is 2.29. The van der Waals surface area contributed by atoms with Crippen molar-refractivity contribution in [3.05, 3.63) is 30.1 Å². The van der Waals surface area contributed by atoms with Gasteiger partial charge in [0.1, 0.15) is 11.4 Å².